The van der Waals surface area contributed by atoms with Crippen molar-refractivity contribution in [3.05, 3.63) is 35.9 Å². The minimum atomic E-state index is -0.0421. The van der Waals surface area contributed by atoms with Gasteiger partial charge in [0.1, 0.15) is 0 Å². The van der Waals surface area contributed by atoms with Crippen LogP contribution in [0.2, 0.25) is 0 Å². The maximum Gasteiger partial charge on any atom is 0.223 e. The summed E-state index contributed by atoms with van der Waals surface area (Å²) in [6.45, 7) is 6.24. The van der Waals surface area contributed by atoms with E-state index in [1.807, 2.05) is 42.2 Å². The summed E-state index contributed by atoms with van der Waals surface area (Å²) in [7, 11) is 0. The van der Waals surface area contributed by atoms with Crippen LogP contribution in [0.15, 0.2) is 30.3 Å². The van der Waals surface area contributed by atoms with E-state index in [1.165, 1.54) is 6.92 Å². The van der Waals surface area contributed by atoms with Gasteiger partial charge < -0.3 is 10.2 Å². The van der Waals surface area contributed by atoms with Crippen molar-refractivity contribution in [2.45, 2.75) is 39.3 Å². The van der Waals surface area contributed by atoms with Crippen LogP contribution in [0.5, 0.6) is 0 Å². The second kappa shape index (κ2) is 6.07. The number of benzene rings is 1. The van der Waals surface area contributed by atoms with Gasteiger partial charge in [0.2, 0.25) is 11.8 Å². The normalized spacial score (nSPS) is 21.6. The summed E-state index contributed by atoms with van der Waals surface area (Å²) in [4.78, 5) is 25.2. The van der Waals surface area contributed by atoms with Gasteiger partial charge in [0.05, 0.1) is 6.04 Å². The standard InChI is InChI=1S/C16H22N2O2/c1-11(17-13(3)19)15-9-16(20)18(10-15)12(2)14-7-5-4-6-8-14/h4-8,11-12,15H,9-10H2,1-3H3,(H,17,19)/t11-,12+,15-/m0/s1. The number of carbonyl (C=O) groups is 2. The maximum absolute atomic E-state index is 12.2. The number of rotatable bonds is 4. The van der Waals surface area contributed by atoms with Gasteiger partial charge >= 0.3 is 0 Å². The van der Waals surface area contributed by atoms with Gasteiger partial charge in [0, 0.05) is 31.8 Å². The fourth-order valence-corrected chi connectivity index (χ4v) is 2.82. The lowest BCUT2D eigenvalue weighted by atomic mass is 10.0. The molecule has 1 aromatic rings. The molecule has 1 fully saturated rings. The van der Waals surface area contributed by atoms with Crippen LogP contribution in [0, 0.1) is 5.92 Å². The van der Waals surface area contributed by atoms with Crippen molar-refractivity contribution in [1.82, 2.24) is 10.2 Å². The van der Waals surface area contributed by atoms with Gasteiger partial charge in [-0.2, -0.15) is 0 Å². The molecule has 0 aliphatic carbocycles. The first-order valence-electron chi connectivity index (χ1n) is 7.10. The summed E-state index contributed by atoms with van der Waals surface area (Å²) in [5.74, 6) is 0.320. The molecule has 20 heavy (non-hydrogen) atoms. The molecule has 1 aliphatic heterocycles. The first kappa shape index (κ1) is 14.6. The topological polar surface area (TPSA) is 49.4 Å². The maximum atomic E-state index is 12.2. The molecule has 0 spiro atoms. The highest BCUT2D eigenvalue weighted by Crippen LogP contribution is 2.29. The molecule has 2 amide bonds. The van der Waals surface area contributed by atoms with E-state index in [1.54, 1.807) is 0 Å². The van der Waals surface area contributed by atoms with Gasteiger partial charge in [0.15, 0.2) is 0 Å². The van der Waals surface area contributed by atoms with Crippen LogP contribution < -0.4 is 5.32 Å². The molecule has 2 rings (SSSR count). The third-order valence-corrected chi connectivity index (χ3v) is 4.08. The van der Waals surface area contributed by atoms with Gasteiger partial charge in [-0.05, 0) is 19.4 Å². The molecule has 0 bridgehead atoms. The van der Waals surface area contributed by atoms with Crippen molar-refractivity contribution in [1.29, 1.82) is 0 Å². The number of amides is 2. The monoisotopic (exact) mass is 274 g/mol. The highest BCUT2D eigenvalue weighted by atomic mass is 16.2. The van der Waals surface area contributed by atoms with Gasteiger partial charge in [0.25, 0.3) is 0 Å². The average Bonchev–Trinajstić information content (AvgIpc) is 2.80. The fraction of sp³-hybridized carbons (Fsp3) is 0.500. The quantitative estimate of drug-likeness (QED) is 0.914. The fourth-order valence-electron chi connectivity index (χ4n) is 2.82. The molecular formula is C16H22N2O2. The smallest absolute Gasteiger partial charge is 0.223 e. The van der Waals surface area contributed by atoms with Crippen LogP contribution in [-0.2, 0) is 9.59 Å². The van der Waals surface area contributed by atoms with E-state index in [9.17, 15) is 9.59 Å². The Morgan fingerprint density at radius 2 is 1.95 bits per heavy atom. The van der Waals surface area contributed by atoms with Crippen LogP contribution in [0.4, 0.5) is 0 Å². The summed E-state index contributed by atoms with van der Waals surface area (Å²) in [5, 5.41) is 2.89. The Bertz CT molecular complexity index is 487. The van der Waals surface area contributed by atoms with Gasteiger partial charge in [-0.3, -0.25) is 9.59 Å². The van der Waals surface area contributed by atoms with Crippen molar-refractivity contribution in [2.75, 3.05) is 6.54 Å². The molecule has 1 aliphatic rings. The van der Waals surface area contributed by atoms with Crippen molar-refractivity contribution < 1.29 is 9.59 Å². The number of nitrogens with zero attached hydrogens (tertiary/aromatic N) is 1. The molecule has 1 saturated heterocycles. The third kappa shape index (κ3) is 3.18. The predicted molar refractivity (Wildman–Crippen MR) is 78.0 cm³/mol. The molecule has 1 aromatic carbocycles. The van der Waals surface area contributed by atoms with E-state index in [0.29, 0.717) is 13.0 Å². The van der Waals surface area contributed by atoms with Crippen LogP contribution in [-0.4, -0.2) is 29.3 Å². The Kier molecular flexibility index (Phi) is 4.42. The molecule has 3 atom stereocenters. The largest absolute Gasteiger partial charge is 0.354 e. The number of nitrogens with one attached hydrogen (secondary N) is 1. The lowest BCUT2D eigenvalue weighted by Gasteiger charge is -2.26. The summed E-state index contributed by atoms with van der Waals surface area (Å²) in [5.41, 5.74) is 1.15. The molecule has 1 N–H and O–H groups in total. The number of hydrogen-bond acceptors (Lipinski definition) is 2. The summed E-state index contributed by atoms with van der Waals surface area (Å²) < 4.78 is 0. The van der Waals surface area contributed by atoms with Crippen molar-refractivity contribution >= 4 is 11.8 Å². The summed E-state index contributed by atoms with van der Waals surface area (Å²) in [6.07, 6.45) is 0.513. The second-order valence-corrected chi connectivity index (χ2v) is 5.59. The summed E-state index contributed by atoms with van der Waals surface area (Å²) in [6, 6.07) is 10.2. The Labute approximate surface area is 120 Å². The molecule has 1 heterocycles. The molecular weight excluding hydrogens is 252 g/mol. The van der Waals surface area contributed by atoms with E-state index in [0.717, 1.165) is 5.56 Å². The van der Waals surface area contributed by atoms with Crippen LogP contribution in [0.3, 0.4) is 0 Å². The molecule has 4 heteroatoms. The Morgan fingerprint density at radius 1 is 1.30 bits per heavy atom. The van der Waals surface area contributed by atoms with Gasteiger partial charge in [-0.15, -0.1) is 0 Å². The van der Waals surface area contributed by atoms with Crippen molar-refractivity contribution in [3.63, 3.8) is 0 Å². The summed E-state index contributed by atoms with van der Waals surface area (Å²) >= 11 is 0. The molecule has 108 valence electrons. The van der Waals surface area contributed by atoms with Gasteiger partial charge in [-0.1, -0.05) is 30.3 Å². The number of carbonyl (C=O) groups excluding carboxylic acids is 2. The Hall–Kier alpha value is -1.84. The Morgan fingerprint density at radius 3 is 2.55 bits per heavy atom. The lowest BCUT2D eigenvalue weighted by Crippen LogP contribution is -2.38. The molecule has 0 saturated carbocycles. The molecule has 0 unspecified atom stereocenters. The minimum absolute atomic E-state index is 0.0319. The highest BCUT2D eigenvalue weighted by molar-refractivity contribution is 5.79. The first-order chi connectivity index (χ1) is 9.49. The van der Waals surface area contributed by atoms with Crippen molar-refractivity contribution in [2.24, 2.45) is 5.92 Å². The number of hydrogen-bond donors (Lipinski definition) is 1. The third-order valence-electron chi connectivity index (χ3n) is 4.08. The zero-order valence-electron chi connectivity index (χ0n) is 12.3. The molecule has 0 radical (unpaired) electrons. The highest BCUT2D eigenvalue weighted by Gasteiger charge is 2.35. The van der Waals surface area contributed by atoms with Crippen LogP contribution >= 0.6 is 0 Å². The SMILES string of the molecule is CC(=O)N[C@@H](C)[C@H]1CC(=O)N([C@H](C)c2ccccc2)C1. The Balaban J connectivity index is 2.04. The van der Waals surface area contributed by atoms with E-state index in [4.69, 9.17) is 0 Å². The van der Waals surface area contributed by atoms with Crippen LogP contribution in [0.1, 0.15) is 38.8 Å². The minimum Gasteiger partial charge on any atom is -0.354 e. The first-order valence-corrected chi connectivity index (χ1v) is 7.10. The van der Waals surface area contributed by atoms with Crippen molar-refractivity contribution in [3.8, 4) is 0 Å². The van der Waals surface area contributed by atoms with Gasteiger partial charge in [-0.25, -0.2) is 0 Å². The van der Waals surface area contributed by atoms with E-state index >= 15 is 0 Å². The predicted octanol–water partition coefficient (Wildman–Crippen LogP) is 2.12. The lowest BCUT2D eigenvalue weighted by molar-refractivity contribution is -0.129. The zero-order chi connectivity index (χ0) is 14.7. The van der Waals surface area contributed by atoms with E-state index in [2.05, 4.69) is 12.2 Å². The zero-order valence-corrected chi connectivity index (χ0v) is 12.3. The number of likely N-dealkylation sites (tertiary alicyclic amines) is 1. The second-order valence-electron chi connectivity index (χ2n) is 5.59. The average molecular weight is 274 g/mol. The van der Waals surface area contributed by atoms with E-state index in [-0.39, 0.29) is 29.8 Å². The van der Waals surface area contributed by atoms with E-state index < -0.39 is 0 Å². The molecule has 0 aromatic heterocycles. The molecule has 4 nitrogen and oxygen atoms in total. The van der Waals surface area contributed by atoms with Crippen LogP contribution in [0.25, 0.3) is 0 Å².